The van der Waals surface area contributed by atoms with E-state index in [9.17, 15) is 0 Å². The standard InChI is InChI=1S/C12H17ClN2/c1-9(15-7-6-10(14)8-15)11-4-2-3-5-12(11)13/h2-5,9-10H,6-8,14H2,1H3/t9?,10-/m0/s1. The summed E-state index contributed by atoms with van der Waals surface area (Å²) in [5.74, 6) is 0. The van der Waals surface area contributed by atoms with Gasteiger partial charge >= 0.3 is 0 Å². The molecule has 2 rings (SSSR count). The van der Waals surface area contributed by atoms with Gasteiger partial charge in [-0.15, -0.1) is 0 Å². The van der Waals surface area contributed by atoms with Crippen LogP contribution in [0.25, 0.3) is 0 Å². The Morgan fingerprint density at radius 3 is 2.80 bits per heavy atom. The van der Waals surface area contributed by atoms with Crippen LogP contribution >= 0.6 is 11.6 Å². The van der Waals surface area contributed by atoms with Crippen LogP contribution in [0.1, 0.15) is 24.9 Å². The van der Waals surface area contributed by atoms with Crippen LogP contribution in [0, 0.1) is 0 Å². The summed E-state index contributed by atoms with van der Waals surface area (Å²) >= 11 is 6.18. The number of nitrogens with two attached hydrogens (primary N) is 1. The zero-order valence-corrected chi connectivity index (χ0v) is 9.74. The first kappa shape index (κ1) is 10.9. The van der Waals surface area contributed by atoms with Crippen molar-refractivity contribution in [3.05, 3.63) is 34.9 Å². The molecule has 0 amide bonds. The quantitative estimate of drug-likeness (QED) is 0.836. The van der Waals surface area contributed by atoms with Crippen molar-refractivity contribution in [2.45, 2.75) is 25.4 Å². The van der Waals surface area contributed by atoms with E-state index >= 15 is 0 Å². The minimum Gasteiger partial charge on any atom is -0.326 e. The summed E-state index contributed by atoms with van der Waals surface area (Å²) in [4.78, 5) is 2.39. The lowest BCUT2D eigenvalue weighted by Crippen LogP contribution is -2.28. The maximum Gasteiger partial charge on any atom is 0.0453 e. The average molecular weight is 225 g/mol. The van der Waals surface area contributed by atoms with Crippen LogP contribution < -0.4 is 5.73 Å². The van der Waals surface area contributed by atoms with Crippen LogP contribution in [-0.4, -0.2) is 24.0 Å². The molecule has 1 unspecified atom stereocenters. The molecule has 82 valence electrons. The minimum atomic E-state index is 0.329. The first-order valence-corrected chi connectivity index (χ1v) is 5.80. The van der Waals surface area contributed by atoms with Crippen LogP contribution in [-0.2, 0) is 0 Å². The summed E-state index contributed by atoms with van der Waals surface area (Å²) < 4.78 is 0. The average Bonchev–Trinajstić information content (AvgIpc) is 2.65. The van der Waals surface area contributed by atoms with Gasteiger partial charge in [-0.1, -0.05) is 29.8 Å². The molecule has 15 heavy (non-hydrogen) atoms. The van der Waals surface area contributed by atoms with Crippen molar-refractivity contribution >= 4 is 11.6 Å². The largest absolute Gasteiger partial charge is 0.326 e. The van der Waals surface area contributed by atoms with E-state index < -0.39 is 0 Å². The molecule has 2 atom stereocenters. The fourth-order valence-corrected chi connectivity index (χ4v) is 2.47. The van der Waals surface area contributed by atoms with Gasteiger partial charge in [-0.2, -0.15) is 0 Å². The molecule has 0 spiro atoms. The molecule has 2 N–H and O–H groups in total. The molecule has 3 heteroatoms. The normalized spacial score (nSPS) is 24.3. The molecule has 0 aliphatic carbocycles. The van der Waals surface area contributed by atoms with Crippen molar-refractivity contribution in [3.63, 3.8) is 0 Å². The van der Waals surface area contributed by atoms with Gasteiger partial charge in [0.2, 0.25) is 0 Å². The van der Waals surface area contributed by atoms with E-state index in [0.717, 1.165) is 24.5 Å². The van der Waals surface area contributed by atoms with Gasteiger partial charge in [-0.3, -0.25) is 4.90 Å². The molecule has 1 aliphatic rings. The van der Waals surface area contributed by atoms with Gasteiger partial charge < -0.3 is 5.73 Å². The van der Waals surface area contributed by atoms with Crippen LogP contribution in [0.4, 0.5) is 0 Å². The molecule has 1 saturated heterocycles. The minimum absolute atomic E-state index is 0.329. The van der Waals surface area contributed by atoms with Gasteiger partial charge in [0.15, 0.2) is 0 Å². The van der Waals surface area contributed by atoms with Crippen LogP contribution in [0.2, 0.25) is 5.02 Å². The Bertz CT molecular complexity index is 340. The second-order valence-electron chi connectivity index (χ2n) is 4.24. The molecule has 0 saturated carbocycles. The second kappa shape index (κ2) is 4.52. The molecule has 1 fully saturated rings. The number of rotatable bonds is 2. The van der Waals surface area contributed by atoms with E-state index in [0.29, 0.717) is 12.1 Å². The van der Waals surface area contributed by atoms with Crippen LogP contribution in [0.15, 0.2) is 24.3 Å². The molecule has 1 aliphatic heterocycles. The number of hydrogen-bond donors (Lipinski definition) is 1. The maximum atomic E-state index is 6.18. The number of halogens is 1. The van der Waals surface area contributed by atoms with Crippen LogP contribution in [0.5, 0.6) is 0 Å². The highest BCUT2D eigenvalue weighted by atomic mass is 35.5. The maximum absolute atomic E-state index is 6.18. The molecular weight excluding hydrogens is 208 g/mol. The van der Waals surface area contributed by atoms with Crippen molar-refractivity contribution < 1.29 is 0 Å². The van der Waals surface area contributed by atoms with Gasteiger partial charge in [0.05, 0.1) is 0 Å². The summed E-state index contributed by atoms with van der Waals surface area (Å²) in [5.41, 5.74) is 7.11. The van der Waals surface area contributed by atoms with E-state index in [-0.39, 0.29) is 0 Å². The lowest BCUT2D eigenvalue weighted by atomic mass is 10.1. The van der Waals surface area contributed by atoms with E-state index in [1.54, 1.807) is 0 Å². The van der Waals surface area contributed by atoms with Gasteiger partial charge in [-0.25, -0.2) is 0 Å². The predicted octanol–water partition coefficient (Wildman–Crippen LogP) is 2.43. The number of likely N-dealkylation sites (tertiary alicyclic amines) is 1. The Labute approximate surface area is 96.0 Å². The number of hydrogen-bond acceptors (Lipinski definition) is 2. The summed E-state index contributed by atoms with van der Waals surface area (Å²) in [6.45, 7) is 4.25. The molecule has 0 aromatic heterocycles. The van der Waals surface area contributed by atoms with Gasteiger partial charge in [0.1, 0.15) is 0 Å². The molecule has 2 nitrogen and oxygen atoms in total. The topological polar surface area (TPSA) is 29.3 Å². The molecule has 1 heterocycles. The Hall–Kier alpha value is -0.570. The van der Waals surface area contributed by atoms with E-state index in [1.165, 1.54) is 5.56 Å². The first-order valence-electron chi connectivity index (χ1n) is 5.42. The van der Waals surface area contributed by atoms with E-state index in [1.807, 2.05) is 18.2 Å². The first-order chi connectivity index (χ1) is 7.18. The molecule has 1 aromatic carbocycles. The van der Waals surface area contributed by atoms with E-state index in [4.69, 9.17) is 17.3 Å². The molecule has 1 aromatic rings. The monoisotopic (exact) mass is 224 g/mol. The summed E-state index contributed by atoms with van der Waals surface area (Å²) in [7, 11) is 0. The van der Waals surface area contributed by atoms with Gasteiger partial charge in [-0.05, 0) is 25.0 Å². The van der Waals surface area contributed by atoms with Crippen LogP contribution in [0.3, 0.4) is 0 Å². The third-order valence-electron chi connectivity index (χ3n) is 3.16. The molecule has 0 radical (unpaired) electrons. The zero-order chi connectivity index (χ0) is 10.8. The fraction of sp³-hybridized carbons (Fsp3) is 0.500. The Balaban J connectivity index is 2.14. The lowest BCUT2D eigenvalue weighted by Gasteiger charge is -2.25. The summed E-state index contributed by atoms with van der Waals surface area (Å²) in [6, 6.07) is 8.74. The van der Waals surface area contributed by atoms with Crippen molar-refractivity contribution in [2.24, 2.45) is 5.73 Å². The van der Waals surface area contributed by atoms with Crippen molar-refractivity contribution in [2.75, 3.05) is 13.1 Å². The smallest absolute Gasteiger partial charge is 0.0453 e. The third-order valence-corrected chi connectivity index (χ3v) is 3.50. The summed E-state index contributed by atoms with van der Waals surface area (Å²) in [5, 5.41) is 0.852. The van der Waals surface area contributed by atoms with Crippen molar-refractivity contribution in [1.29, 1.82) is 0 Å². The van der Waals surface area contributed by atoms with E-state index in [2.05, 4.69) is 17.9 Å². The fourth-order valence-electron chi connectivity index (χ4n) is 2.18. The lowest BCUT2D eigenvalue weighted by molar-refractivity contribution is 0.260. The second-order valence-corrected chi connectivity index (χ2v) is 4.65. The van der Waals surface area contributed by atoms with Crippen molar-refractivity contribution in [1.82, 2.24) is 4.90 Å². The number of benzene rings is 1. The highest BCUT2D eigenvalue weighted by molar-refractivity contribution is 6.31. The predicted molar refractivity (Wildman–Crippen MR) is 64.0 cm³/mol. The number of nitrogens with zero attached hydrogens (tertiary/aromatic N) is 1. The highest BCUT2D eigenvalue weighted by Gasteiger charge is 2.25. The molecule has 0 bridgehead atoms. The highest BCUT2D eigenvalue weighted by Crippen LogP contribution is 2.29. The Morgan fingerprint density at radius 2 is 2.20 bits per heavy atom. The van der Waals surface area contributed by atoms with Gasteiger partial charge in [0.25, 0.3) is 0 Å². The SMILES string of the molecule is CC(c1ccccc1Cl)N1CC[C@H](N)C1. The summed E-state index contributed by atoms with van der Waals surface area (Å²) in [6.07, 6.45) is 1.09. The molecular formula is C12H17ClN2. The van der Waals surface area contributed by atoms with Crippen molar-refractivity contribution in [3.8, 4) is 0 Å². The van der Waals surface area contributed by atoms with Gasteiger partial charge in [0, 0.05) is 30.2 Å². The zero-order valence-electron chi connectivity index (χ0n) is 8.99. The Morgan fingerprint density at radius 1 is 1.47 bits per heavy atom. The Kier molecular flexibility index (Phi) is 3.29. The third kappa shape index (κ3) is 2.33.